The summed E-state index contributed by atoms with van der Waals surface area (Å²) in [4.78, 5) is 17.7. The molecule has 2 saturated heterocycles. The molecule has 0 spiro atoms. The van der Waals surface area contributed by atoms with Crippen molar-refractivity contribution in [2.24, 2.45) is 5.92 Å². The fraction of sp³-hybridized carbons (Fsp3) is 0.500. The highest BCUT2D eigenvalue weighted by atomic mass is 32.2. The van der Waals surface area contributed by atoms with Gasteiger partial charge in [0.15, 0.2) is 23.0 Å². The van der Waals surface area contributed by atoms with E-state index in [9.17, 15) is 13.2 Å². The maximum atomic E-state index is 13.4. The number of benzene rings is 2. The van der Waals surface area contributed by atoms with Crippen LogP contribution in [-0.4, -0.2) is 88.7 Å². The number of fused-ring (bicyclic) bond motifs is 1. The highest BCUT2D eigenvalue weighted by molar-refractivity contribution is 7.89. The van der Waals surface area contributed by atoms with Crippen molar-refractivity contribution in [3.8, 4) is 23.0 Å². The molecule has 0 radical (unpaired) electrons. The van der Waals surface area contributed by atoms with Gasteiger partial charge < -0.3 is 23.8 Å². The monoisotopic (exact) mass is 531 g/mol. The van der Waals surface area contributed by atoms with E-state index >= 15 is 0 Å². The van der Waals surface area contributed by atoms with Crippen LogP contribution in [0.4, 0.5) is 0 Å². The second-order valence-electron chi connectivity index (χ2n) is 9.51. The summed E-state index contributed by atoms with van der Waals surface area (Å²) < 4.78 is 49.5. The number of carbonyl (C=O) groups is 1. The molecule has 1 atom stereocenters. The molecular weight excluding hydrogens is 498 g/mol. The molecule has 5 rings (SSSR count). The zero-order valence-corrected chi connectivity index (χ0v) is 22.0. The van der Waals surface area contributed by atoms with Gasteiger partial charge in [0.25, 0.3) is 0 Å². The molecule has 0 N–H and O–H groups in total. The number of piperazine rings is 1. The van der Waals surface area contributed by atoms with Gasteiger partial charge in [-0.05, 0) is 42.7 Å². The van der Waals surface area contributed by atoms with Crippen LogP contribution in [0.25, 0.3) is 0 Å². The van der Waals surface area contributed by atoms with E-state index in [1.165, 1.54) is 30.7 Å². The number of hydrogen-bond acceptors (Lipinski definition) is 8. The Morgan fingerprint density at radius 3 is 2.46 bits per heavy atom. The van der Waals surface area contributed by atoms with Crippen LogP contribution in [0, 0.1) is 5.92 Å². The van der Waals surface area contributed by atoms with Gasteiger partial charge in [-0.15, -0.1) is 0 Å². The Hall–Kier alpha value is -3.02. The molecule has 0 unspecified atom stereocenters. The zero-order chi connectivity index (χ0) is 26.0. The smallest absolute Gasteiger partial charge is 0.243 e. The number of piperidine rings is 1. The Labute approximate surface area is 217 Å². The Morgan fingerprint density at radius 2 is 1.70 bits per heavy atom. The minimum Gasteiger partial charge on any atom is -0.493 e. The Kier molecular flexibility index (Phi) is 7.45. The summed E-state index contributed by atoms with van der Waals surface area (Å²) >= 11 is 0. The quantitative estimate of drug-likeness (QED) is 0.536. The fourth-order valence-electron chi connectivity index (χ4n) is 5.17. The van der Waals surface area contributed by atoms with Crippen LogP contribution in [0.3, 0.4) is 0 Å². The standard InChI is InChI=1S/C26H33N3O7S/c1-33-22-8-6-21(15-24(22)34-2)37(31,32)29-9-3-4-20(17-29)26(30)28-12-10-27(11-13-28)16-19-5-7-23-25(14-19)36-18-35-23/h5-8,14-15,20H,3-4,9-13,16-18H2,1-2H3/t20-/m0/s1. The largest absolute Gasteiger partial charge is 0.493 e. The Morgan fingerprint density at radius 1 is 0.946 bits per heavy atom. The number of amides is 1. The minimum absolute atomic E-state index is 0.0370. The second kappa shape index (κ2) is 10.8. The first-order valence-electron chi connectivity index (χ1n) is 12.5. The molecule has 2 fully saturated rings. The number of nitrogens with zero attached hydrogens (tertiary/aromatic N) is 3. The van der Waals surface area contributed by atoms with Crippen molar-refractivity contribution < 1.29 is 32.2 Å². The predicted molar refractivity (Wildman–Crippen MR) is 135 cm³/mol. The summed E-state index contributed by atoms with van der Waals surface area (Å²) in [5, 5.41) is 0. The van der Waals surface area contributed by atoms with E-state index in [1.54, 1.807) is 6.07 Å². The van der Waals surface area contributed by atoms with Crippen molar-refractivity contribution in [2.75, 3.05) is 60.3 Å². The number of ether oxygens (including phenoxy) is 4. The van der Waals surface area contributed by atoms with Gasteiger partial charge in [0, 0.05) is 51.9 Å². The minimum atomic E-state index is -3.76. The second-order valence-corrected chi connectivity index (χ2v) is 11.4. The SMILES string of the molecule is COc1ccc(S(=O)(=O)N2CCC[C@H](C(=O)N3CCN(Cc4ccc5c(c4)OCO5)CC3)C2)cc1OC. The molecule has 0 aliphatic carbocycles. The summed E-state index contributed by atoms with van der Waals surface area (Å²) in [5.74, 6) is 2.06. The molecule has 0 saturated carbocycles. The molecule has 10 nitrogen and oxygen atoms in total. The first kappa shape index (κ1) is 25.6. The lowest BCUT2D eigenvalue weighted by Gasteiger charge is -2.38. The van der Waals surface area contributed by atoms with Gasteiger partial charge >= 0.3 is 0 Å². The van der Waals surface area contributed by atoms with Gasteiger partial charge in [-0.2, -0.15) is 4.31 Å². The van der Waals surface area contributed by atoms with E-state index in [4.69, 9.17) is 18.9 Å². The van der Waals surface area contributed by atoms with E-state index < -0.39 is 10.0 Å². The first-order valence-corrected chi connectivity index (χ1v) is 13.9. The van der Waals surface area contributed by atoms with Gasteiger partial charge in [-0.25, -0.2) is 8.42 Å². The number of hydrogen-bond donors (Lipinski definition) is 0. The molecule has 1 amide bonds. The highest BCUT2D eigenvalue weighted by Gasteiger charge is 2.36. The summed E-state index contributed by atoms with van der Waals surface area (Å²) in [6, 6.07) is 10.6. The van der Waals surface area contributed by atoms with Gasteiger partial charge in [-0.3, -0.25) is 9.69 Å². The maximum Gasteiger partial charge on any atom is 0.243 e. The molecule has 2 aromatic rings. The van der Waals surface area contributed by atoms with E-state index in [2.05, 4.69) is 4.90 Å². The molecule has 0 aromatic heterocycles. The van der Waals surface area contributed by atoms with Crippen molar-refractivity contribution in [1.82, 2.24) is 14.1 Å². The summed E-state index contributed by atoms with van der Waals surface area (Å²) in [7, 11) is -0.790. The van der Waals surface area contributed by atoms with E-state index in [1.807, 2.05) is 23.1 Å². The lowest BCUT2D eigenvalue weighted by atomic mass is 9.97. The highest BCUT2D eigenvalue weighted by Crippen LogP contribution is 2.34. The third-order valence-corrected chi connectivity index (χ3v) is 9.11. The molecule has 0 bridgehead atoms. The maximum absolute atomic E-state index is 13.4. The fourth-order valence-corrected chi connectivity index (χ4v) is 6.71. The lowest BCUT2D eigenvalue weighted by Crippen LogP contribution is -2.52. The van der Waals surface area contributed by atoms with Crippen molar-refractivity contribution in [1.29, 1.82) is 0 Å². The van der Waals surface area contributed by atoms with Gasteiger partial charge in [0.2, 0.25) is 22.7 Å². The average Bonchev–Trinajstić information content (AvgIpc) is 3.41. The first-order chi connectivity index (χ1) is 17.9. The average molecular weight is 532 g/mol. The van der Waals surface area contributed by atoms with Gasteiger partial charge in [0.1, 0.15) is 0 Å². The van der Waals surface area contributed by atoms with Crippen LogP contribution in [0.1, 0.15) is 18.4 Å². The van der Waals surface area contributed by atoms with Gasteiger partial charge in [-0.1, -0.05) is 6.07 Å². The van der Waals surface area contributed by atoms with Crippen LogP contribution < -0.4 is 18.9 Å². The predicted octanol–water partition coefficient (Wildman–Crippen LogP) is 2.18. The summed E-state index contributed by atoms with van der Waals surface area (Å²) in [5.41, 5.74) is 1.15. The number of methoxy groups -OCH3 is 2. The normalized spacial score (nSPS) is 20.6. The molecule has 3 heterocycles. The summed E-state index contributed by atoms with van der Waals surface area (Å²) in [6.45, 7) is 4.40. The van der Waals surface area contributed by atoms with Crippen LogP contribution >= 0.6 is 0 Å². The third-order valence-electron chi connectivity index (χ3n) is 7.25. The van der Waals surface area contributed by atoms with Crippen LogP contribution in [0.2, 0.25) is 0 Å². The van der Waals surface area contributed by atoms with Gasteiger partial charge in [0.05, 0.1) is 25.0 Å². The third kappa shape index (κ3) is 5.34. The zero-order valence-electron chi connectivity index (χ0n) is 21.2. The topological polar surface area (TPSA) is 97.9 Å². The van der Waals surface area contributed by atoms with Crippen molar-refractivity contribution in [2.45, 2.75) is 24.3 Å². The molecule has 11 heteroatoms. The van der Waals surface area contributed by atoms with Crippen molar-refractivity contribution in [3.05, 3.63) is 42.0 Å². The number of rotatable bonds is 7. The van der Waals surface area contributed by atoms with E-state index in [0.717, 1.165) is 36.7 Å². The van der Waals surface area contributed by atoms with Crippen LogP contribution in [-0.2, 0) is 21.4 Å². The lowest BCUT2D eigenvalue weighted by molar-refractivity contribution is -0.138. The molecular formula is C26H33N3O7S. The van der Waals surface area contributed by atoms with Crippen LogP contribution in [0.15, 0.2) is 41.3 Å². The van der Waals surface area contributed by atoms with E-state index in [-0.39, 0.29) is 30.1 Å². The molecule has 3 aliphatic rings. The molecule has 3 aliphatic heterocycles. The number of carbonyl (C=O) groups excluding carboxylic acids is 1. The Bertz CT molecular complexity index is 1240. The molecule has 200 valence electrons. The van der Waals surface area contributed by atoms with Crippen LogP contribution in [0.5, 0.6) is 23.0 Å². The number of sulfonamides is 1. The summed E-state index contributed by atoms with van der Waals surface area (Å²) in [6.07, 6.45) is 1.33. The van der Waals surface area contributed by atoms with E-state index in [0.29, 0.717) is 44.0 Å². The van der Waals surface area contributed by atoms with Crippen molar-refractivity contribution >= 4 is 15.9 Å². The molecule has 2 aromatic carbocycles. The molecule has 37 heavy (non-hydrogen) atoms. The Balaban J connectivity index is 1.18. The van der Waals surface area contributed by atoms with Crippen molar-refractivity contribution in [3.63, 3.8) is 0 Å².